The number of hydrogen-bond acceptors (Lipinski definition) is 0. The van der Waals surface area contributed by atoms with Gasteiger partial charge in [-0.2, -0.15) is 0 Å². The number of nitrogens with zero attached hydrogens (tertiary/aromatic N) is 1. The Bertz CT molecular complexity index is 2410. The largest absolute Gasteiger partial charge is 0.308 e. The van der Waals surface area contributed by atoms with Crippen LogP contribution in [0, 0.1) is 0 Å². The maximum absolute atomic E-state index is 6.94. The van der Waals surface area contributed by atoms with Crippen LogP contribution in [0.2, 0.25) is 5.02 Å². The van der Waals surface area contributed by atoms with Crippen molar-refractivity contribution in [2.45, 2.75) is 0 Å². The molecule has 2 aromatic heterocycles. The minimum Gasteiger partial charge on any atom is -0.308 e. The van der Waals surface area contributed by atoms with E-state index in [0.29, 0.717) is 0 Å². The zero-order valence-corrected chi connectivity index (χ0v) is 21.1. The molecule has 9 rings (SSSR count). The van der Waals surface area contributed by atoms with Crippen LogP contribution in [0.5, 0.6) is 0 Å². The number of aromatic nitrogens is 1. The second kappa shape index (κ2) is 7.25. The molecule has 7 aromatic carbocycles. The molecule has 176 valence electrons. The molecule has 0 bridgehead atoms. The van der Waals surface area contributed by atoms with Crippen LogP contribution in [0.15, 0.2) is 121 Å². The lowest BCUT2D eigenvalue weighted by Gasteiger charge is -2.15. The van der Waals surface area contributed by atoms with Crippen molar-refractivity contribution in [2.75, 3.05) is 0 Å². The molecule has 0 atom stereocenters. The van der Waals surface area contributed by atoms with Crippen molar-refractivity contribution in [1.82, 2.24) is 4.40 Å². The molecule has 0 amide bonds. The second-order valence-corrected chi connectivity index (χ2v) is 10.6. The Hall–Kier alpha value is -4.59. The summed E-state index contributed by atoms with van der Waals surface area (Å²) >= 11 is 6.94. The van der Waals surface area contributed by atoms with Gasteiger partial charge < -0.3 is 4.40 Å². The van der Waals surface area contributed by atoms with Crippen LogP contribution in [0.1, 0.15) is 0 Å². The number of halogens is 1. The summed E-state index contributed by atoms with van der Waals surface area (Å²) in [5.74, 6) is 0. The molecule has 1 nitrogen and oxygen atoms in total. The molecule has 0 saturated heterocycles. The highest BCUT2D eigenvalue weighted by Crippen LogP contribution is 2.45. The first-order chi connectivity index (χ1) is 18.8. The highest BCUT2D eigenvalue weighted by atomic mass is 35.5. The first-order valence-electron chi connectivity index (χ1n) is 13.0. The molecule has 0 radical (unpaired) electrons. The molecule has 0 unspecified atom stereocenters. The minimum absolute atomic E-state index is 0.791. The van der Waals surface area contributed by atoms with Gasteiger partial charge in [0.1, 0.15) is 0 Å². The lowest BCUT2D eigenvalue weighted by atomic mass is 9.89. The number of hydrogen-bond donors (Lipinski definition) is 0. The average molecular weight is 502 g/mol. The van der Waals surface area contributed by atoms with Gasteiger partial charge in [-0.25, -0.2) is 0 Å². The Morgan fingerprint density at radius 2 is 1.00 bits per heavy atom. The third-order valence-corrected chi connectivity index (χ3v) is 8.69. The first kappa shape index (κ1) is 20.5. The summed E-state index contributed by atoms with van der Waals surface area (Å²) in [7, 11) is 0. The molecule has 0 aliphatic rings. The van der Waals surface area contributed by atoms with Crippen LogP contribution in [0.3, 0.4) is 0 Å². The van der Waals surface area contributed by atoms with Crippen molar-refractivity contribution in [2.24, 2.45) is 0 Å². The van der Waals surface area contributed by atoms with Gasteiger partial charge in [0.25, 0.3) is 0 Å². The molecule has 0 N–H and O–H groups in total. The lowest BCUT2D eigenvalue weighted by molar-refractivity contribution is 1.37. The van der Waals surface area contributed by atoms with Crippen LogP contribution in [-0.4, -0.2) is 4.40 Å². The summed E-state index contributed by atoms with van der Waals surface area (Å²) < 4.78 is 2.43. The van der Waals surface area contributed by atoms with Crippen molar-refractivity contribution in [3.05, 3.63) is 126 Å². The molecule has 0 aliphatic heterocycles. The van der Waals surface area contributed by atoms with E-state index < -0.39 is 0 Å². The highest BCUT2D eigenvalue weighted by molar-refractivity contribution is 6.42. The predicted octanol–water partition coefficient (Wildman–Crippen LogP) is 10.6. The predicted molar refractivity (Wildman–Crippen MR) is 164 cm³/mol. The first-order valence-corrected chi connectivity index (χ1v) is 13.4. The van der Waals surface area contributed by atoms with Crippen molar-refractivity contribution in [3.8, 4) is 11.1 Å². The number of fused-ring (bicyclic) bond motifs is 12. The van der Waals surface area contributed by atoms with Crippen molar-refractivity contribution in [3.63, 3.8) is 0 Å². The van der Waals surface area contributed by atoms with E-state index in [0.717, 1.165) is 10.4 Å². The number of para-hydroxylation sites is 2. The zero-order valence-electron chi connectivity index (χ0n) is 20.4. The number of benzene rings is 7. The van der Waals surface area contributed by atoms with Gasteiger partial charge in [0.05, 0.1) is 16.6 Å². The van der Waals surface area contributed by atoms with Crippen LogP contribution >= 0.6 is 11.6 Å². The van der Waals surface area contributed by atoms with E-state index in [1.807, 2.05) is 0 Å². The third kappa shape index (κ3) is 2.47. The van der Waals surface area contributed by atoms with Crippen LogP contribution in [0.4, 0.5) is 0 Å². The standard InChI is InChI=1S/C36H20ClN/c37-31-18-17-22(34-26-11-3-1-8-23(26)24-9-2-4-12-27(24)35(31)34)21-16-19-33-30(20-21)29-14-7-13-28-25-10-5-6-15-32(25)38(33)36(28)29/h1-20H. The van der Waals surface area contributed by atoms with Gasteiger partial charge in [0.15, 0.2) is 0 Å². The van der Waals surface area contributed by atoms with Gasteiger partial charge in [-0.15, -0.1) is 0 Å². The maximum atomic E-state index is 6.94. The van der Waals surface area contributed by atoms with Gasteiger partial charge in [-0.1, -0.05) is 109 Å². The fourth-order valence-electron chi connectivity index (χ4n) is 6.83. The summed E-state index contributed by atoms with van der Waals surface area (Å²) in [5.41, 5.74) is 6.23. The van der Waals surface area contributed by atoms with Crippen molar-refractivity contribution >= 4 is 82.0 Å². The van der Waals surface area contributed by atoms with Crippen LogP contribution < -0.4 is 0 Å². The molecular weight excluding hydrogens is 482 g/mol. The molecule has 38 heavy (non-hydrogen) atoms. The van der Waals surface area contributed by atoms with E-state index in [9.17, 15) is 0 Å². The summed E-state index contributed by atoms with van der Waals surface area (Å²) in [6, 6.07) is 43.9. The van der Waals surface area contributed by atoms with E-state index in [4.69, 9.17) is 11.6 Å². The number of rotatable bonds is 1. The fourth-order valence-corrected chi connectivity index (χ4v) is 7.09. The van der Waals surface area contributed by atoms with Gasteiger partial charge in [-0.05, 0) is 62.3 Å². The van der Waals surface area contributed by atoms with Gasteiger partial charge >= 0.3 is 0 Å². The van der Waals surface area contributed by atoms with E-state index in [1.54, 1.807) is 0 Å². The van der Waals surface area contributed by atoms with Gasteiger partial charge in [-0.3, -0.25) is 0 Å². The van der Waals surface area contributed by atoms with E-state index in [1.165, 1.54) is 76.2 Å². The topological polar surface area (TPSA) is 4.41 Å². The summed E-state index contributed by atoms with van der Waals surface area (Å²) in [6.07, 6.45) is 0. The van der Waals surface area contributed by atoms with Crippen LogP contribution in [0.25, 0.3) is 81.5 Å². The monoisotopic (exact) mass is 501 g/mol. The zero-order chi connectivity index (χ0) is 25.0. The van der Waals surface area contributed by atoms with Gasteiger partial charge in [0.2, 0.25) is 0 Å². The second-order valence-electron chi connectivity index (χ2n) is 10.2. The van der Waals surface area contributed by atoms with E-state index in [-0.39, 0.29) is 0 Å². The lowest BCUT2D eigenvalue weighted by Crippen LogP contribution is -1.88. The molecule has 0 saturated carbocycles. The Morgan fingerprint density at radius 1 is 0.421 bits per heavy atom. The van der Waals surface area contributed by atoms with Crippen LogP contribution in [-0.2, 0) is 0 Å². The molecule has 0 fully saturated rings. The summed E-state index contributed by atoms with van der Waals surface area (Å²) in [4.78, 5) is 0. The molecule has 9 aromatic rings. The van der Waals surface area contributed by atoms with E-state index in [2.05, 4.69) is 126 Å². The SMILES string of the molecule is Clc1ccc(-c2ccc3c(c2)c2cccc4c5ccccc5n3c42)c2c3ccccc3c3ccccc3c12. The quantitative estimate of drug-likeness (QED) is 0.197. The molecule has 0 spiro atoms. The highest BCUT2D eigenvalue weighted by Gasteiger charge is 2.19. The van der Waals surface area contributed by atoms with E-state index >= 15 is 0 Å². The smallest absolute Gasteiger partial charge is 0.0620 e. The molecule has 2 heteroatoms. The third-order valence-electron chi connectivity index (χ3n) is 8.37. The summed E-state index contributed by atoms with van der Waals surface area (Å²) in [6.45, 7) is 0. The average Bonchev–Trinajstić information content (AvgIpc) is 3.49. The Morgan fingerprint density at radius 3 is 1.76 bits per heavy atom. The minimum atomic E-state index is 0.791. The molecular formula is C36H20ClN. The van der Waals surface area contributed by atoms with Gasteiger partial charge in [0, 0.05) is 32.0 Å². The Labute approximate surface area is 223 Å². The maximum Gasteiger partial charge on any atom is 0.0620 e. The molecule has 2 heterocycles. The Kier molecular flexibility index (Phi) is 3.90. The van der Waals surface area contributed by atoms with Crippen molar-refractivity contribution in [1.29, 1.82) is 0 Å². The normalized spacial score (nSPS) is 12.3. The fraction of sp³-hybridized carbons (Fsp3) is 0. The Balaban J connectivity index is 1.45. The summed E-state index contributed by atoms with van der Waals surface area (Å²) in [5, 5.41) is 13.2. The molecule has 0 aliphatic carbocycles. The van der Waals surface area contributed by atoms with Crippen molar-refractivity contribution < 1.29 is 0 Å².